The first-order valence-electron chi connectivity index (χ1n) is 5.78. The molecule has 0 aromatic heterocycles. The van der Waals surface area contributed by atoms with Crippen molar-refractivity contribution in [2.24, 2.45) is 0 Å². The van der Waals surface area contributed by atoms with E-state index in [1.54, 1.807) is 7.11 Å². The lowest BCUT2D eigenvalue weighted by atomic mass is 10.4. The van der Waals surface area contributed by atoms with Crippen LogP contribution in [-0.4, -0.2) is 61.2 Å². The molecule has 0 bridgehead atoms. The van der Waals surface area contributed by atoms with E-state index in [4.69, 9.17) is 9.47 Å². The van der Waals surface area contributed by atoms with Crippen molar-refractivity contribution in [2.45, 2.75) is 12.8 Å². The Morgan fingerprint density at radius 2 is 1.76 bits per heavy atom. The van der Waals surface area contributed by atoms with E-state index in [1.807, 2.05) is 0 Å². The van der Waals surface area contributed by atoms with E-state index < -0.39 is 10.0 Å². The normalized spacial score (nSPS) is 11.9. The Balaban J connectivity index is 3.04. The standard InChI is InChI=1S/C10H24N2O4S/c1-15-8-4-9-16-10-7-11-5-3-6-12-17(2,13)14/h11-12H,3-10H2,1-2H3. The molecule has 0 radical (unpaired) electrons. The first-order chi connectivity index (χ1) is 8.06. The predicted molar refractivity (Wildman–Crippen MR) is 67.6 cm³/mol. The molecule has 0 aliphatic rings. The fourth-order valence-electron chi connectivity index (χ4n) is 1.15. The Labute approximate surface area is 104 Å². The van der Waals surface area contributed by atoms with Crippen LogP contribution in [0.3, 0.4) is 0 Å². The summed E-state index contributed by atoms with van der Waals surface area (Å²) in [5, 5.41) is 3.17. The van der Waals surface area contributed by atoms with Crippen molar-refractivity contribution in [3.05, 3.63) is 0 Å². The summed E-state index contributed by atoms with van der Waals surface area (Å²) in [4.78, 5) is 0. The molecular formula is C10H24N2O4S. The van der Waals surface area contributed by atoms with E-state index in [2.05, 4.69) is 10.0 Å². The van der Waals surface area contributed by atoms with E-state index in [9.17, 15) is 8.42 Å². The second-order valence-corrected chi connectivity index (χ2v) is 5.56. The van der Waals surface area contributed by atoms with Crippen molar-refractivity contribution >= 4 is 10.0 Å². The molecule has 0 saturated carbocycles. The molecule has 0 saturated heterocycles. The van der Waals surface area contributed by atoms with E-state index in [0.717, 1.165) is 38.8 Å². The molecule has 0 spiro atoms. The minimum atomic E-state index is -3.05. The second-order valence-electron chi connectivity index (χ2n) is 3.73. The zero-order valence-corrected chi connectivity index (χ0v) is 11.5. The predicted octanol–water partition coefficient (Wildman–Crippen LogP) is -0.432. The number of hydrogen-bond acceptors (Lipinski definition) is 5. The van der Waals surface area contributed by atoms with Crippen LogP contribution in [0.25, 0.3) is 0 Å². The molecule has 0 heterocycles. The summed E-state index contributed by atoms with van der Waals surface area (Å²) in [5.41, 5.74) is 0. The van der Waals surface area contributed by atoms with Crippen LogP contribution in [0.15, 0.2) is 0 Å². The minimum absolute atomic E-state index is 0.473. The molecule has 2 N–H and O–H groups in total. The quantitative estimate of drug-likeness (QED) is 0.470. The van der Waals surface area contributed by atoms with Gasteiger partial charge in [-0.1, -0.05) is 0 Å². The maximum Gasteiger partial charge on any atom is 0.208 e. The van der Waals surface area contributed by atoms with Crippen LogP contribution in [0.1, 0.15) is 12.8 Å². The van der Waals surface area contributed by atoms with E-state index in [-0.39, 0.29) is 0 Å². The zero-order valence-electron chi connectivity index (χ0n) is 10.7. The van der Waals surface area contributed by atoms with Crippen molar-refractivity contribution in [3.8, 4) is 0 Å². The summed E-state index contributed by atoms with van der Waals surface area (Å²) in [5.74, 6) is 0. The van der Waals surface area contributed by atoms with Crippen molar-refractivity contribution in [2.75, 3.05) is 52.8 Å². The lowest BCUT2D eigenvalue weighted by Gasteiger charge is -2.06. The number of sulfonamides is 1. The summed E-state index contributed by atoms with van der Waals surface area (Å²) < 4.78 is 34.1. The Morgan fingerprint density at radius 3 is 2.41 bits per heavy atom. The van der Waals surface area contributed by atoms with Crippen molar-refractivity contribution in [1.82, 2.24) is 10.0 Å². The highest BCUT2D eigenvalue weighted by molar-refractivity contribution is 7.88. The molecular weight excluding hydrogens is 244 g/mol. The molecule has 0 aromatic rings. The molecule has 7 heteroatoms. The van der Waals surface area contributed by atoms with Gasteiger partial charge in [-0.15, -0.1) is 0 Å². The third kappa shape index (κ3) is 15.8. The van der Waals surface area contributed by atoms with E-state index in [1.165, 1.54) is 0 Å². The summed E-state index contributed by atoms with van der Waals surface area (Å²) in [7, 11) is -1.38. The van der Waals surface area contributed by atoms with Gasteiger partial charge in [-0.3, -0.25) is 0 Å². The first kappa shape index (κ1) is 16.8. The summed E-state index contributed by atoms with van der Waals surface area (Å²) in [6.45, 7) is 4.15. The van der Waals surface area contributed by atoms with Crippen LogP contribution in [-0.2, 0) is 19.5 Å². The Morgan fingerprint density at radius 1 is 1.00 bits per heavy atom. The average molecular weight is 268 g/mol. The van der Waals surface area contributed by atoms with Crippen LogP contribution in [0.4, 0.5) is 0 Å². The largest absolute Gasteiger partial charge is 0.385 e. The van der Waals surface area contributed by atoms with Gasteiger partial charge in [0.05, 0.1) is 12.9 Å². The molecule has 0 aromatic carbocycles. The van der Waals surface area contributed by atoms with Gasteiger partial charge < -0.3 is 14.8 Å². The molecule has 104 valence electrons. The van der Waals surface area contributed by atoms with Gasteiger partial charge in [-0.2, -0.15) is 0 Å². The molecule has 0 rings (SSSR count). The molecule has 6 nitrogen and oxygen atoms in total. The topological polar surface area (TPSA) is 76.7 Å². The highest BCUT2D eigenvalue weighted by atomic mass is 32.2. The summed E-state index contributed by atoms with van der Waals surface area (Å²) >= 11 is 0. The van der Waals surface area contributed by atoms with Crippen LogP contribution >= 0.6 is 0 Å². The summed E-state index contributed by atoms with van der Waals surface area (Å²) in [6.07, 6.45) is 2.85. The van der Waals surface area contributed by atoms with Gasteiger partial charge in [0.25, 0.3) is 0 Å². The molecule has 0 aliphatic carbocycles. The lowest BCUT2D eigenvalue weighted by Crippen LogP contribution is -2.27. The van der Waals surface area contributed by atoms with Crippen LogP contribution < -0.4 is 10.0 Å². The number of ether oxygens (including phenoxy) is 2. The number of nitrogens with one attached hydrogen (secondary N) is 2. The van der Waals surface area contributed by atoms with Gasteiger partial charge in [0.1, 0.15) is 0 Å². The fourth-order valence-corrected chi connectivity index (χ4v) is 1.66. The van der Waals surface area contributed by atoms with Crippen LogP contribution in [0, 0.1) is 0 Å². The SMILES string of the molecule is COCCCOCCNCCCNS(C)(=O)=O. The molecule has 0 fully saturated rings. The van der Waals surface area contributed by atoms with Gasteiger partial charge in [-0.05, 0) is 19.4 Å². The van der Waals surface area contributed by atoms with Gasteiger partial charge in [-0.25, -0.2) is 13.1 Å². The smallest absolute Gasteiger partial charge is 0.208 e. The van der Waals surface area contributed by atoms with Gasteiger partial charge in [0, 0.05) is 33.4 Å². The number of hydrogen-bond donors (Lipinski definition) is 2. The van der Waals surface area contributed by atoms with Crippen molar-refractivity contribution in [1.29, 1.82) is 0 Å². The maximum atomic E-state index is 10.7. The van der Waals surface area contributed by atoms with Gasteiger partial charge in [0.15, 0.2) is 0 Å². The molecule has 17 heavy (non-hydrogen) atoms. The Kier molecular flexibility index (Phi) is 10.8. The Hall–Kier alpha value is -0.210. The Bertz CT molecular complexity index is 257. The van der Waals surface area contributed by atoms with Gasteiger partial charge >= 0.3 is 0 Å². The lowest BCUT2D eigenvalue weighted by molar-refractivity contribution is 0.104. The fraction of sp³-hybridized carbons (Fsp3) is 1.00. The molecule has 0 aliphatic heterocycles. The van der Waals surface area contributed by atoms with Crippen molar-refractivity contribution < 1.29 is 17.9 Å². The molecule has 0 unspecified atom stereocenters. The number of rotatable bonds is 12. The van der Waals surface area contributed by atoms with E-state index >= 15 is 0 Å². The van der Waals surface area contributed by atoms with E-state index in [0.29, 0.717) is 19.8 Å². The zero-order chi connectivity index (χ0) is 13.0. The third-order valence-corrected chi connectivity index (χ3v) is 2.68. The summed E-state index contributed by atoms with van der Waals surface area (Å²) in [6, 6.07) is 0. The van der Waals surface area contributed by atoms with Crippen molar-refractivity contribution in [3.63, 3.8) is 0 Å². The highest BCUT2D eigenvalue weighted by Crippen LogP contribution is 1.83. The minimum Gasteiger partial charge on any atom is -0.385 e. The second kappa shape index (κ2) is 10.9. The monoisotopic (exact) mass is 268 g/mol. The molecule has 0 amide bonds. The third-order valence-electron chi connectivity index (χ3n) is 1.95. The van der Waals surface area contributed by atoms with Gasteiger partial charge in [0.2, 0.25) is 10.0 Å². The number of methoxy groups -OCH3 is 1. The van der Waals surface area contributed by atoms with Crippen LogP contribution in [0.5, 0.6) is 0 Å². The average Bonchev–Trinajstić information content (AvgIpc) is 2.24. The first-order valence-corrected chi connectivity index (χ1v) is 7.67. The molecule has 0 atom stereocenters. The highest BCUT2D eigenvalue weighted by Gasteiger charge is 1.97. The van der Waals surface area contributed by atoms with Crippen LogP contribution in [0.2, 0.25) is 0 Å². The maximum absolute atomic E-state index is 10.7.